The second kappa shape index (κ2) is 18.8. The Labute approximate surface area is 308 Å². The van der Waals surface area contributed by atoms with Crippen LogP contribution in [0.2, 0.25) is 0 Å². The minimum absolute atomic E-state index is 0.0157. The molecule has 11 nitrogen and oxygen atoms in total. The van der Waals surface area contributed by atoms with E-state index >= 15 is 0 Å². The number of ether oxygens (including phenoxy) is 1. The molecule has 4 aromatic rings. The Morgan fingerprint density at radius 2 is 1.65 bits per heavy atom. The zero-order valence-electron chi connectivity index (χ0n) is 30.2. The molecule has 2 aromatic carbocycles. The molecule has 0 radical (unpaired) electrons. The molecule has 3 atom stereocenters. The normalized spacial score (nSPS) is 13.7. The molecule has 51 heavy (non-hydrogen) atoms. The summed E-state index contributed by atoms with van der Waals surface area (Å²) in [6.07, 6.45) is 1.86. The van der Waals surface area contributed by atoms with E-state index in [1.807, 2.05) is 86.8 Å². The van der Waals surface area contributed by atoms with Crippen LogP contribution in [-0.4, -0.2) is 62.9 Å². The van der Waals surface area contributed by atoms with Crippen molar-refractivity contribution in [1.29, 1.82) is 0 Å². The van der Waals surface area contributed by atoms with E-state index in [1.165, 1.54) is 16.2 Å². The first-order valence-corrected chi connectivity index (χ1v) is 18.9. The molecule has 2 heterocycles. The molecular weight excluding hydrogens is 685 g/mol. The van der Waals surface area contributed by atoms with Gasteiger partial charge in [0.2, 0.25) is 5.91 Å². The Hall–Kier alpha value is -4.33. The molecule has 4 N–H and O–H groups in total. The lowest BCUT2D eigenvalue weighted by Gasteiger charge is -2.34. The second-order valence-electron chi connectivity index (χ2n) is 13.5. The minimum Gasteiger partial charge on any atom is -0.444 e. The number of thiazole rings is 2. The molecule has 274 valence electrons. The van der Waals surface area contributed by atoms with Gasteiger partial charge in [-0.15, -0.1) is 22.7 Å². The standard InChI is InChI=1S/C38H50N6O5S2/c1-25(2)33(42-36(46)44(6)22-31-24-50-35(41-31)26(3)4)34(45)40-30(19-29-15-11-8-12-16-29)20-38(48,18-17-28-13-9-7-10-14-28)43-37(47)49-23-32-21-39-27(5)51-32/h7-16,21,24-26,30,33,48H,17-20,22-23H2,1-6H3,(H,40,45)(H,42,46)(H,43,47)/t30-,33-,38-/m0/s1. The average molecular weight is 735 g/mol. The van der Waals surface area contributed by atoms with Crippen LogP contribution in [0.1, 0.15) is 78.2 Å². The summed E-state index contributed by atoms with van der Waals surface area (Å²) in [7, 11) is 1.67. The van der Waals surface area contributed by atoms with E-state index in [4.69, 9.17) is 4.74 Å². The SMILES string of the molecule is Cc1ncc(COC(=O)N[C@](O)(CCc2ccccc2)C[C@H](Cc2ccccc2)NC(=O)[C@@H](NC(=O)N(C)Cc2csc(C(C)C)n2)C(C)C)s1. The van der Waals surface area contributed by atoms with E-state index in [9.17, 15) is 19.5 Å². The Morgan fingerprint density at radius 1 is 0.980 bits per heavy atom. The maximum absolute atomic E-state index is 14.0. The number of amides is 4. The summed E-state index contributed by atoms with van der Waals surface area (Å²) in [5, 5.41) is 24.6. The maximum atomic E-state index is 14.0. The number of carbonyl (C=O) groups is 3. The van der Waals surface area contributed by atoms with Crippen LogP contribution < -0.4 is 16.0 Å². The van der Waals surface area contributed by atoms with Gasteiger partial charge in [0.1, 0.15) is 18.4 Å². The summed E-state index contributed by atoms with van der Waals surface area (Å²) in [5.74, 6) is -0.338. The van der Waals surface area contributed by atoms with Crippen molar-refractivity contribution in [1.82, 2.24) is 30.8 Å². The van der Waals surface area contributed by atoms with Crippen LogP contribution in [0.4, 0.5) is 9.59 Å². The number of benzene rings is 2. The van der Waals surface area contributed by atoms with Crippen LogP contribution in [0.25, 0.3) is 0 Å². The predicted octanol–water partition coefficient (Wildman–Crippen LogP) is 6.56. The van der Waals surface area contributed by atoms with Gasteiger partial charge >= 0.3 is 12.1 Å². The lowest BCUT2D eigenvalue weighted by molar-refractivity contribution is -0.125. The van der Waals surface area contributed by atoms with Crippen molar-refractivity contribution in [2.45, 2.75) is 97.2 Å². The van der Waals surface area contributed by atoms with Gasteiger partial charge in [-0.2, -0.15) is 0 Å². The van der Waals surface area contributed by atoms with Gasteiger partial charge in [-0.3, -0.25) is 10.1 Å². The van der Waals surface area contributed by atoms with Gasteiger partial charge in [-0.25, -0.2) is 19.6 Å². The fourth-order valence-corrected chi connectivity index (χ4v) is 7.11. The van der Waals surface area contributed by atoms with Gasteiger partial charge in [0.25, 0.3) is 0 Å². The third kappa shape index (κ3) is 12.7. The molecule has 0 saturated heterocycles. The predicted molar refractivity (Wildman–Crippen MR) is 201 cm³/mol. The minimum atomic E-state index is -1.75. The summed E-state index contributed by atoms with van der Waals surface area (Å²) < 4.78 is 5.48. The zero-order chi connectivity index (χ0) is 37.0. The highest BCUT2D eigenvalue weighted by atomic mass is 32.1. The largest absolute Gasteiger partial charge is 0.444 e. The van der Waals surface area contributed by atoms with Crippen LogP contribution >= 0.6 is 22.7 Å². The number of urea groups is 1. The molecule has 0 bridgehead atoms. The molecule has 0 saturated carbocycles. The third-order valence-electron chi connectivity index (χ3n) is 8.31. The van der Waals surface area contributed by atoms with E-state index in [0.29, 0.717) is 25.3 Å². The third-order valence-corrected chi connectivity index (χ3v) is 10.4. The lowest BCUT2D eigenvalue weighted by Crippen LogP contribution is -2.57. The number of nitrogens with zero attached hydrogens (tertiary/aromatic N) is 3. The van der Waals surface area contributed by atoms with E-state index in [2.05, 4.69) is 39.8 Å². The first-order chi connectivity index (χ1) is 24.3. The van der Waals surface area contributed by atoms with Crippen LogP contribution in [0.5, 0.6) is 0 Å². The average Bonchev–Trinajstić information content (AvgIpc) is 3.74. The number of aliphatic hydroxyl groups is 1. The van der Waals surface area contributed by atoms with Gasteiger partial charge < -0.3 is 25.4 Å². The van der Waals surface area contributed by atoms with Crippen LogP contribution in [0.3, 0.4) is 0 Å². The number of carbonyl (C=O) groups excluding carboxylic acids is 3. The molecule has 2 aromatic heterocycles. The van der Waals surface area contributed by atoms with Crippen molar-refractivity contribution in [3.05, 3.63) is 104 Å². The molecule has 0 unspecified atom stereocenters. The van der Waals surface area contributed by atoms with E-state index in [1.54, 1.807) is 24.6 Å². The van der Waals surface area contributed by atoms with Crippen LogP contribution in [0.15, 0.2) is 72.2 Å². The van der Waals surface area contributed by atoms with Gasteiger partial charge in [-0.1, -0.05) is 88.4 Å². The molecular formula is C38H50N6O5S2. The monoisotopic (exact) mass is 734 g/mol. The van der Waals surface area contributed by atoms with Gasteiger partial charge in [0.05, 0.1) is 27.1 Å². The Kier molecular flexibility index (Phi) is 14.5. The first kappa shape index (κ1) is 39.5. The van der Waals surface area contributed by atoms with Gasteiger partial charge in [-0.05, 0) is 43.2 Å². The highest BCUT2D eigenvalue weighted by Crippen LogP contribution is 2.23. The highest BCUT2D eigenvalue weighted by Gasteiger charge is 2.35. The number of rotatable bonds is 17. The summed E-state index contributed by atoms with van der Waals surface area (Å²) in [4.78, 5) is 51.5. The Morgan fingerprint density at radius 3 is 2.24 bits per heavy atom. The summed E-state index contributed by atoms with van der Waals surface area (Å²) >= 11 is 2.99. The zero-order valence-corrected chi connectivity index (χ0v) is 31.9. The molecule has 0 fully saturated rings. The maximum Gasteiger partial charge on any atom is 0.409 e. The fourth-order valence-electron chi connectivity index (χ4n) is 5.57. The fraction of sp³-hybridized carbons (Fsp3) is 0.447. The van der Waals surface area contributed by atoms with Crippen LogP contribution in [-0.2, 0) is 35.5 Å². The molecule has 13 heteroatoms. The van der Waals surface area contributed by atoms with E-state index in [0.717, 1.165) is 31.7 Å². The molecule has 0 aliphatic rings. The number of nitrogens with one attached hydrogen (secondary N) is 3. The summed E-state index contributed by atoms with van der Waals surface area (Å²) in [6.45, 7) is 10.1. The first-order valence-electron chi connectivity index (χ1n) is 17.2. The molecule has 0 aliphatic heterocycles. The van der Waals surface area contributed by atoms with Crippen molar-refractivity contribution in [3.63, 3.8) is 0 Å². The van der Waals surface area contributed by atoms with E-state index in [-0.39, 0.29) is 25.4 Å². The van der Waals surface area contributed by atoms with Crippen molar-refractivity contribution < 1.29 is 24.2 Å². The molecule has 0 spiro atoms. The molecule has 4 amide bonds. The topological polar surface area (TPSA) is 146 Å². The lowest BCUT2D eigenvalue weighted by atomic mass is 9.92. The quantitative estimate of drug-likeness (QED) is 0.0899. The number of alkyl carbamates (subject to hydrolysis) is 1. The van der Waals surface area contributed by atoms with Gasteiger partial charge in [0.15, 0.2) is 0 Å². The highest BCUT2D eigenvalue weighted by molar-refractivity contribution is 7.11. The van der Waals surface area contributed by atoms with Crippen molar-refractivity contribution in [2.75, 3.05) is 7.05 Å². The number of hydrogen-bond donors (Lipinski definition) is 4. The Bertz CT molecular complexity index is 1700. The van der Waals surface area contributed by atoms with Crippen molar-refractivity contribution in [2.24, 2.45) is 5.92 Å². The van der Waals surface area contributed by atoms with E-state index < -0.39 is 35.8 Å². The number of hydrogen-bond acceptors (Lipinski definition) is 9. The van der Waals surface area contributed by atoms with Gasteiger partial charge in [0, 0.05) is 37.0 Å². The summed E-state index contributed by atoms with van der Waals surface area (Å²) in [6, 6.07) is 17.4. The Balaban J connectivity index is 1.51. The van der Waals surface area contributed by atoms with Crippen molar-refractivity contribution in [3.8, 4) is 0 Å². The molecule has 0 aliphatic carbocycles. The van der Waals surface area contributed by atoms with Crippen molar-refractivity contribution >= 4 is 40.7 Å². The second-order valence-corrected chi connectivity index (χ2v) is 15.7. The molecule has 4 rings (SSSR count). The smallest absolute Gasteiger partial charge is 0.409 e. The summed E-state index contributed by atoms with van der Waals surface area (Å²) in [5.41, 5.74) is 0.963. The number of aryl methyl sites for hydroxylation is 2. The number of aromatic nitrogens is 2. The van der Waals surface area contributed by atoms with Crippen LogP contribution in [0, 0.1) is 12.8 Å².